The van der Waals surface area contributed by atoms with Gasteiger partial charge < -0.3 is 11.1 Å². The smallest absolute Gasteiger partial charge is 0.240 e. The van der Waals surface area contributed by atoms with Crippen LogP contribution in [-0.2, 0) is 4.79 Å². The molecule has 3 N–H and O–H groups in total. The fourth-order valence-electron chi connectivity index (χ4n) is 2.11. The number of nitrogens with one attached hydrogen (secondary N) is 1. The first kappa shape index (κ1) is 11.1. The summed E-state index contributed by atoms with van der Waals surface area (Å²) in [6.45, 7) is 2.40. The molecule has 3 nitrogen and oxygen atoms in total. The summed E-state index contributed by atoms with van der Waals surface area (Å²) in [6.07, 6.45) is 8.81. The Bertz CT molecular complexity index is 257. The van der Waals surface area contributed by atoms with Gasteiger partial charge in [-0.25, -0.2) is 0 Å². The van der Waals surface area contributed by atoms with E-state index in [0.717, 1.165) is 19.3 Å². The van der Waals surface area contributed by atoms with Gasteiger partial charge in [0.25, 0.3) is 0 Å². The zero-order valence-corrected chi connectivity index (χ0v) is 8.68. The summed E-state index contributed by atoms with van der Waals surface area (Å²) < 4.78 is 0. The van der Waals surface area contributed by atoms with Crippen molar-refractivity contribution in [3.05, 3.63) is 0 Å². The molecule has 0 aromatic rings. The number of hydrogen-bond acceptors (Lipinski definition) is 2. The lowest BCUT2D eigenvalue weighted by atomic mass is 9.76. The van der Waals surface area contributed by atoms with E-state index >= 15 is 0 Å². The number of hydrogen-bond donors (Lipinski definition) is 2. The quantitative estimate of drug-likeness (QED) is 0.634. The highest BCUT2D eigenvalue weighted by atomic mass is 16.2. The zero-order chi connectivity index (χ0) is 10.6. The van der Waals surface area contributed by atoms with Gasteiger partial charge in [-0.2, -0.15) is 0 Å². The zero-order valence-electron chi connectivity index (χ0n) is 8.68. The van der Waals surface area contributed by atoms with Gasteiger partial charge in [-0.15, -0.1) is 6.42 Å². The minimum atomic E-state index is -0.686. The molecule has 1 amide bonds. The molecule has 0 bridgehead atoms. The summed E-state index contributed by atoms with van der Waals surface area (Å²) in [5.74, 6) is 2.82. The fourth-order valence-corrected chi connectivity index (χ4v) is 2.11. The maximum Gasteiger partial charge on any atom is 0.240 e. The minimum absolute atomic E-state index is 0.0954. The second-order valence-electron chi connectivity index (χ2n) is 4.24. The Hall–Kier alpha value is -1.01. The third kappa shape index (κ3) is 2.49. The number of carbonyl (C=O) groups is 1. The Labute approximate surface area is 85.4 Å². The van der Waals surface area contributed by atoms with Gasteiger partial charge in [0.1, 0.15) is 0 Å². The maximum atomic E-state index is 11.7. The first-order chi connectivity index (χ1) is 6.58. The summed E-state index contributed by atoms with van der Waals surface area (Å²) in [4.78, 5) is 11.7. The first-order valence-electron chi connectivity index (χ1n) is 5.09. The maximum absolute atomic E-state index is 11.7. The molecule has 78 valence electrons. The average Bonchev–Trinajstić information content (AvgIpc) is 2.13. The van der Waals surface area contributed by atoms with Gasteiger partial charge in [-0.3, -0.25) is 4.79 Å². The molecule has 2 unspecified atom stereocenters. The number of nitrogens with two attached hydrogens (primary N) is 1. The van der Waals surface area contributed by atoms with Crippen LogP contribution in [0.3, 0.4) is 0 Å². The van der Waals surface area contributed by atoms with Crippen LogP contribution in [0.25, 0.3) is 0 Å². The molecule has 2 atom stereocenters. The monoisotopic (exact) mass is 194 g/mol. The number of carbonyl (C=O) groups excluding carboxylic acids is 1. The van der Waals surface area contributed by atoms with E-state index in [-0.39, 0.29) is 12.5 Å². The summed E-state index contributed by atoms with van der Waals surface area (Å²) in [7, 11) is 0. The molecule has 3 heteroatoms. The van der Waals surface area contributed by atoms with Crippen molar-refractivity contribution < 1.29 is 4.79 Å². The van der Waals surface area contributed by atoms with Crippen molar-refractivity contribution >= 4 is 5.91 Å². The van der Waals surface area contributed by atoms with Crippen LogP contribution in [0.2, 0.25) is 0 Å². The second kappa shape index (κ2) is 4.47. The summed E-state index contributed by atoms with van der Waals surface area (Å²) in [5.41, 5.74) is 5.37. The van der Waals surface area contributed by atoms with Crippen LogP contribution < -0.4 is 11.1 Å². The standard InChI is InChI=1S/C11H18N2O/c1-3-7-13-10(14)11(12)6-4-5-9(2)8-11/h1,9H,4-8,12H2,2H3,(H,13,14). The molecule has 0 spiro atoms. The van der Waals surface area contributed by atoms with E-state index in [0.29, 0.717) is 5.92 Å². The second-order valence-corrected chi connectivity index (χ2v) is 4.24. The van der Waals surface area contributed by atoms with Crippen molar-refractivity contribution in [3.63, 3.8) is 0 Å². The van der Waals surface area contributed by atoms with Crippen LogP contribution in [0.5, 0.6) is 0 Å². The highest BCUT2D eigenvalue weighted by Gasteiger charge is 2.37. The first-order valence-corrected chi connectivity index (χ1v) is 5.09. The highest BCUT2D eigenvalue weighted by Crippen LogP contribution is 2.30. The van der Waals surface area contributed by atoms with Gasteiger partial charge in [0.2, 0.25) is 5.91 Å². The van der Waals surface area contributed by atoms with Gasteiger partial charge in [0.15, 0.2) is 0 Å². The van der Waals surface area contributed by atoms with Gasteiger partial charge in [-0.05, 0) is 18.8 Å². The number of rotatable bonds is 2. The number of amides is 1. The summed E-state index contributed by atoms with van der Waals surface area (Å²) in [5, 5.41) is 2.66. The van der Waals surface area contributed by atoms with Gasteiger partial charge in [0.05, 0.1) is 12.1 Å². The Morgan fingerprint density at radius 1 is 1.79 bits per heavy atom. The molecule has 0 aromatic carbocycles. The normalized spacial score (nSPS) is 31.9. The van der Waals surface area contributed by atoms with Crippen molar-refractivity contribution in [1.29, 1.82) is 0 Å². The number of terminal acetylenes is 1. The van der Waals surface area contributed by atoms with E-state index in [9.17, 15) is 4.79 Å². The lowest BCUT2D eigenvalue weighted by Gasteiger charge is -2.35. The fraction of sp³-hybridized carbons (Fsp3) is 0.727. The molecule has 1 rings (SSSR count). The molecule has 1 aliphatic rings. The lowest BCUT2D eigenvalue weighted by molar-refractivity contribution is -0.127. The van der Waals surface area contributed by atoms with E-state index < -0.39 is 5.54 Å². The Balaban J connectivity index is 2.55. The van der Waals surface area contributed by atoms with Crippen molar-refractivity contribution in [3.8, 4) is 12.3 Å². The molecule has 1 aliphatic carbocycles. The topological polar surface area (TPSA) is 55.1 Å². The molecule has 0 radical (unpaired) electrons. The van der Waals surface area contributed by atoms with Gasteiger partial charge >= 0.3 is 0 Å². The largest absolute Gasteiger partial charge is 0.344 e. The van der Waals surface area contributed by atoms with Gasteiger partial charge in [0, 0.05) is 0 Å². The summed E-state index contributed by atoms with van der Waals surface area (Å²) in [6, 6.07) is 0. The van der Waals surface area contributed by atoms with E-state index in [2.05, 4.69) is 18.2 Å². The minimum Gasteiger partial charge on any atom is -0.344 e. The van der Waals surface area contributed by atoms with Crippen LogP contribution in [-0.4, -0.2) is 18.0 Å². The predicted octanol–water partition coefficient (Wildman–Crippen LogP) is 0.643. The molecule has 1 saturated carbocycles. The third-order valence-electron chi connectivity index (χ3n) is 2.84. The van der Waals surface area contributed by atoms with Crippen LogP contribution in [0.15, 0.2) is 0 Å². The van der Waals surface area contributed by atoms with E-state index in [1.54, 1.807) is 0 Å². The molecule has 14 heavy (non-hydrogen) atoms. The SMILES string of the molecule is C#CCNC(=O)C1(N)CCCC(C)C1. The van der Waals surface area contributed by atoms with Crippen LogP contribution in [0, 0.1) is 18.3 Å². The van der Waals surface area contributed by atoms with Crippen LogP contribution >= 0.6 is 0 Å². The molecular formula is C11H18N2O. The third-order valence-corrected chi connectivity index (χ3v) is 2.84. The molecule has 0 heterocycles. The van der Waals surface area contributed by atoms with E-state index in [4.69, 9.17) is 12.2 Å². The van der Waals surface area contributed by atoms with Gasteiger partial charge in [-0.1, -0.05) is 25.7 Å². The van der Waals surface area contributed by atoms with Crippen molar-refractivity contribution in [2.45, 2.75) is 38.1 Å². The molecule has 1 fully saturated rings. The van der Waals surface area contributed by atoms with E-state index in [1.807, 2.05) is 0 Å². The Morgan fingerprint density at radius 3 is 3.07 bits per heavy atom. The molecule has 0 aliphatic heterocycles. The lowest BCUT2D eigenvalue weighted by Crippen LogP contribution is -2.56. The van der Waals surface area contributed by atoms with Crippen LogP contribution in [0.1, 0.15) is 32.6 Å². The van der Waals surface area contributed by atoms with Crippen LogP contribution in [0.4, 0.5) is 0 Å². The molecule has 0 saturated heterocycles. The van der Waals surface area contributed by atoms with Crippen molar-refractivity contribution in [2.75, 3.05) is 6.54 Å². The van der Waals surface area contributed by atoms with E-state index in [1.165, 1.54) is 6.42 Å². The van der Waals surface area contributed by atoms with Crippen molar-refractivity contribution in [2.24, 2.45) is 11.7 Å². The molecular weight excluding hydrogens is 176 g/mol. The summed E-state index contributed by atoms with van der Waals surface area (Å²) >= 11 is 0. The molecule has 0 aromatic heterocycles. The average molecular weight is 194 g/mol. The Kier molecular flexibility index (Phi) is 3.54. The van der Waals surface area contributed by atoms with Crippen molar-refractivity contribution in [1.82, 2.24) is 5.32 Å². The Morgan fingerprint density at radius 2 is 2.50 bits per heavy atom. The predicted molar refractivity (Wildman–Crippen MR) is 56.4 cm³/mol. The highest BCUT2D eigenvalue weighted by molar-refractivity contribution is 5.86.